The fraction of sp³-hybridized carbons (Fsp3) is 0.389. The molecule has 21 heavy (non-hydrogen) atoms. The predicted molar refractivity (Wildman–Crippen MR) is 82.2 cm³/mol. The second kappa shape index (κ2) is 6.72. The number of hydrogen-bond donors (Lipinski definition) is 0. The van der Waals surface area contributed by atoms with E-state index in [9.17, 15) is 4.79 Å². The highest BCUT2D eigenvalue weighted by Gasteiger charge is 2.20. The molecule has 0 bridgehead atoms. The Morgan fingerprint density at radius 2 is 1.86 bits per heavy atom. The minimum atomic E-state index is 0.420. The van der Waals surface area contributed by atoms with E-state index < -0.39 is 0 Å². The molecule has 1 aliphatic heterocycles. The molecule has 0 aliphatic carbocycles. The number of likely N-dealkylation sites (tertiary alicyclic amines) is 1. The van der Waals surface area contributed by atoms with Gasteiger partial charge >= 0.3 is 0 Å². The molecule has 1 saturated heterocycles. The Morgan fingerprint density at radius 1 is 1.10 bits per heavy atom. The van der Waals surface area contributed by atoms with E-state index in [0.717, 1.165) is 37.6 Å². The van der Waals surface area contributed by atoms with Crippen LogP contribution in [-0.2, 0) is 13.0 Å². The number of benzene rings is 1. The van der Waals surface area contributed by atoms with Gasteiger partial charge in [0.05, 0.1) is 6.54 Å². The van der Waals surface area contributed by atoms with E-state index >= 15 is 0 Å². The van der Waals surface area contributed by atoms with Crippen molar-refractivity contribution in [1.82, 2.24) is 4.90 Å². The van der Waals surface area contributed by atoms with Crippen LogP contribution < -0.4 is 0 Å². The number of carbonyl (C=O) groups is 1. The van der Waals surface area contributed by atoms with Crippen LogP contribution >= 0.6 is 0 Å². The molecule has 1 aliphatic rings. The van der Waals surface area contributed by atoms with Crippen molar-refractivity contribution in [2.75, 3.05) is 13.1 Å². The fourth-order valence-electron chi connectivity index (χ4n) is 3.06. The van der Waals surface area contributed by atoms with Gasteiger partial charge < -0.3 is 4.42 Å². The minimum Gasteiger partial charge on any atom is -0.457 e. The van der Waals surface area contributed by atoms with Gasteiger partial charge in [0.2, 0.25) is 0 Å². The summed E-state index contributed by atoms with van der Waals surface area (Å²) in [4.78, 5) is 13.0. The van der Waals surface area contributed by atoms with Gasteiger partial charge in [-0.3, -0.25) is 9.69 Å². The highest BCUT2D eigenvalue weighted by molar-refractivity contribution is 5.70. The average Bonchev–Trinajstić information content (AvgIpc) is 2.98. The standard InChI is InChI=1S/C18H21NO2/c20-14-18-7-6-17(21-18)13-19-10-8-16(9-11-19)12-15-4-2-1-3-5-15/h1-7,14,16H,8-13H2. The zero-order chi connectivity index (χ0) is 14.5. The van der Waals surface area contributed by atoms with E-state index in [-0.39, 0.29) is 0 Å². The highest BCUT2D eigenvalue weighted by Crippen LogP contribution is 2.23. The minimum absolute atomic E-state index is 0.420. The third-order valence-corrected chi connectivity index (χ3v) is 4.25. The number of carbonyl (C=O) groups excluding carboxylic acids is 1. The summed E-state index contributed by atoms with van der Waals surface area (Å²) in [5.74, 6) is 2.09. The summed E-state index contributed by atoms with van der Waals surface area (Å²) in [7, 11) is 0. The maximum absolute atomic E-state index is 10.6. The summed E-state index contributed by atoms with van der Waals surface area (Å²) in [6.45, 7) is 3.02. The molecule has 0 unspecified atom stereocenters. The molecular weight excluding hydrogens is 262 g/mol. The summed E-state index contributed by atoms with van der Waals surface area (Å²) in [5.41, 5.74) is 1.44. The van der Waals surface area contributed by atoms with Crippen molar-refractivity contribution in [2.24, 2.45) is 5.92 Å². The Balaban J connectivity index is 1.47. The average molecular weight is 283 g/mol. The lowest BCUT2D eigenvalue weighted by Crippen LogP contribution is -2.33. The van der Waals surface area contributed by atoms with Crippen LogP contribution in [0.3, 0.4) is 0 Å². The first-order valence-electron chi connectivity index (χ1n) is 7.63. The van der Waals surface area contributed by atoms with Gasteiger partial charge in [-0.2, -0.15) is 0 Å². The first-order chi connectivity index (χ1) is 10.3. The fourth-order valence-corrected chi connectivity index (χ4v) is 3.06. The van der Waals surface area contributed by atoms with Gasteiger partial charge in [-0.1, -0.05) is 30.3 Å². The summed E-state index contributed by atoms with van der Waals surface area (Å²) in [6, 6.07) is 14.4. The zero-order valence-electron chi connectivity index (χ0n) is 12.2. The van der Waals surface area contributed by atoms with Gasteiger partial charge in [0.1, 0.15) is 5.76 Å². The van der Waals surface area contributed by atoms with E-state index in [1.807, 2.05) is 6.07 Å². The molecule has 0 atom stereocenters. The van der Waals surface area contributed by atoms with Crippen LogP contribution in [0.5, 0.6) is 0 Å². The number of rotatable bonds is 5. The molecule has 0 saturated carbocycles. The quantitative estimate of drug-likeness (QED) is 0.787. The molecule has 1 aromatic heterocycles. The van der Waals surface area contributed by atoms with E-state index in [4.69, 9.17) is 4.42 Å². The van der Waals surface area contributed by atoms with Crippen molar-refractivity contribution in [3.8, 4) is 0 Å². The molecule has 0 N–H and O–H groups in total. The van der Waals surface area contributed by atoms with Crippen LogP contribution in [0.2, 0.25) is 0 Å². The SMILES string of the molecule is O=Cc1ccc(CN2CCC(Cc3ccccc3)CC2)o1. The van der Waals surface area contributed by atoms with Crippen molar-refractivity contribution in [1.29, 1.82) is 0 Å². The highest BCUT2D eigenvalue weighted by atomic mass is 16.3. The molecular formula is C18H21NO2. The molecule has 3 heteroatoms. The van der Waals surface area contributed by atoms with Crippen molar-refractivity contribution < 1.29 is 9.21 Å². The lowest BCUT2D eigenvalue weighted by atomic mass is 9.90. The van der Waals surface area contributed by atoms with Gasteiger partial charge in [0.15, 0.2) is 12.0 Å². The molecule has 0 amide bonds. The lowest BCUT2D eigenvalue weighted by Gasteiger charge is -2.31. The topological polar surface area (TPSA) is 33.5 Å². The normalized spacial score (nSPS) is 17.0. The van der Waals surface area contributed by atoms with E-state index in [2.05, 4.69) is 35.2 Å². The summed E-state index contributed by atoms with van der Waals surface area (Å²) in [5, 5.41) is 0. The molecule has 0 spiro atoms. The van der Waals surface area contributed by atoms with E-state index in [1.54, 1.807) is 6.07 Å². The second-order valence-electron chi connectivity index (χ2n) is 5.83. The molecule has 3 rings (SSSR count). The van der Waals surface area contributed by atoms with Crippen LogP contribution in [0.15, 0.2) is 46.9 Å². The maximum atomic E-state index is 10.6. The largest absolute Gasteiger partial charge is 0.457 e. The Morgan fingerprint density at radius 3 is 2.52 bits per heavy atom. The van der Waals surface area contributed by atoms with Crippen molar-refractivity contribution in [3.05, 3.63) is 59.5 Å². The van der Waals surface area contributed by atoms with Crippen LogP contribution in [0, 0.1) is 5.92 Å². The monoisotopic (exact) mass is 283 g/mol. The summed E-state index contributed by atoms with van der Waals surface area (Å²) < 4.78 is 5.45. The van der Waals surface area contributed by atoms with Crippen LogP contribution in [0.4, 0.5) is 0 Å². The number of furan rings is 1. The summed E-state index contributed by atoms with van der Waals surface area (Å²) >= 11 is 0. The third-order valence-electron chi connectivity index (χ3n) is 4.25. The number of hydrogen-bond acceptors (Lipinski definition) is 3. The van der Waals surface area contributed by atoms with E-state index in [0.29, 0.717) is 5.76 Å². The Kier molecular flexibility index (Phi) is 4.51. The first kappa shape index (κ1) is 14.1. The molecule has 2 heterocycles. The van der Waals surface area contributed by atoms with E-state index in [1.165, 1.54) is 24.8 Å². The summed E-state index contributed by atoms with van der Waals surface area (Å²) in [6.07, 6.45) is 4.41. The Labute approximate surface area is 125 Å². The molecule has 2 aromatic rings. The number of aldehydes is 1. The second-order valence-corrected chi connectivity index (χ2v) is 5.83. The van der Waals surface area contributed by atoms with Gasteiger partial charge in [-0.25, -0.2) is 0 Å². The third kappa shape index (κ3) is 3.82. The van der Waals surface area contributed by atoms with Crippen LogP contribution in [0.1, 0.15) is 34.7 Å². The first-order valence-corrected chi connectivity index (χ1v) is 7.63. The van der Waals surface area contributed by atoms with Crippen LogP contribution in [0.25, 0.3) is 0 Å². The van der Waals surface area contributed by atoms with Gasteiger partial charge in [0, 0.05) is 0 Å². The Hall–Kier alpha value is -1.87. The van der Waals surface area contributed by atoms with Crippen molar-refractivity contribution >= 4 is 6.29 Å². The van der Waals surface area contributed by atoms with Gasteiger partial charge in [-0.05, 0) is 56.0 Å². The molecule has 1 aromatic carbocycles. The molecule has 3 nitrogen and oxygen atoms in total. The smallest absolute Gasteiger partial charge is 0.185 e. The van der Waals surface area contributed by atoms with Crippen molar-refractivity contribution in [2.45, 2.75) is 25.8 Å². The van der Waals surface area contributed by atoms with Gasteiger partial charge in [0.25, 0.3) is 0 Å². The molecule has 110 valence electrons. The lowest BCUT2D eigenvalue weighted by molar-refractivity contribution is 0.109. The molecule has 0 radical (unpaired) electrons. The van der Waals surface area contributed by atoms with Crippen LogP contribution in [-0.4, -0.2) is 24.3 Å². The predicted octanol–water partition coefficient (Wildman–Crippen LogP) is 3.55. The molecule has 1 fully saturated rings. The number of nitrogens with zero attached hydrogens (tertiary/aromatic N) is 1. The van der Waals surface area contributed by atoms with Gasteiger partial charge in [-0.15, -0.1) is 0 Å². The van der Waals surface area contributed by atoms with Crippen molar-refractivity contribution in [3.63, 3.8) is 0 Å². The zero-order valence-corrected chi connectivity index (χ0v) is 12.2. The number of piperidine rings is 1. The maximum Gasteiger partial charge on any atom is 0.185 e. The Bertz CT molecular complexity index is 568.